The first kappa shape index (κ1) is 19.6. The van der Waals surface area contributed by atoms with E-state index in [1.165, 1.54) is 0 Å². The summed E-state index contributed by atoms with van der Waals surface area (Å²) in [4.78, 5) is 14.1. The zero-order valence-corrected chi connectivity index (χ0v) is 17.8. The molecule has 2 aromatic rings. The fraction of sp³-hybridized carbons (Fsp3) is 0.545. The maximum atomic E-state index is 11.6. The van der Waals surface area contributed by atoms with E-state index >= 15 is 0 Å². The number of ketones is 1. The van der Waals surface area contributed by atoms with Gasteiger partial charge in [0.2, 0.25) is 0 Å². The van der Waals surface area contributed by atoms with Crippen LogP contribution in [-0.2, 0) is 16.0 Å². The average Bonchev–Trinajstić information content (AvgIpc) is 3.37. The molecule has 0 atom stereocenters. The van der Waals surface area contributed by atoms with Crippen molar-refractivity contribution < 1.29 is 14.1 Å². The highest BCUT2D eigenvalue weighted by Crippen LogP contribution is 2.46. The SMILES string of the molecule is O=C1COC2(CCN(CCc3c(-c4c(Cl)cccc4Cl)noc3C3CC3)CC2)C1. The van der Waals surface area contributed by atoms with Crippen LogP contribution < -0.4 is 0 Å². The summed E-state index contributed by atoms with van der Waals surface area (Å²) in [5.74, 6) is 1.70. The van der Waals surface area contributed by atoms with E-state index in [9.17, 15) is 4.79 Å². The third kappa shape index (κ3) is 3.86. The van der Waals surface area contributed by atoms with Gasteiger partial charge in [-0.15, -0.1) is 0 Å². The standard InChI is InChI=1S/C22H24Cl2N2O3/c23-17-2-1-3-18(24)19(17)20-16(21(29-25-20)14-4-5-14)6-9-26-10-7-22(8-11-26)12-15(27)13-28-22/h1-3,14H,4-13H2. The molecular weight excluding hydrogens is 411 g/mol. The van der Waals surface area contributed by atoms with Crippen LogP contribution in [-0.4, -0.2) is 47.7 Å². The molecule has 2 saturated heterocycles. The van der Waals surface area contributed by atoms with Crippen LogP contribution in [0.3, 0.4) is 0 Å². The molecule has 0 amide bonds. The molecule has 1 aromatic carbocycles. The largest absolute Gasteiger partial charge is 0.367 e. The average molecular weight is 435 g/mol. The number of nitrogens with zero attached hydrogens (tertiary/aromatic N) is 2. The highest BCUT2D eigenvalue weighted by molar-refractivity contribution is 6.39. The Labute approximate surface area is 180 Å². The Kier molecular flexibility index (Phi) is 5.19. The lowest BCUT2D eigenvalue weighted by Gasteiger charge is -2.38. The van der Waals surface area contributed by atoms with Gasteiger partial charge in [0.05, 0.1) is 15.6 Å². The zero-order chi connectivity index (χ0) is 20.0. The first-order valence-corrected chi connectivity index (χ1v) is 11.1. The third-order valence-electron chi connectivity index (χ3n) is 6.47. The van der Waals surface area contributed by atoms with Crippen molar-refractivity contribution in [1.82, 2.24) is 10.1 Å². The van der Waals surface area contributed by atoms with Gasteiger partial charge in [-0.25, -0.2) is 0 Å². The molecular formula is C22H24Cl2N2O3. The van der Waals surface area contributed by atoms with E-state index in [0.717, 1.165) is 74.3 Å². The normalized spacial score (nSPS) is 21.9. The number of likely N-dealkylation sites (tertiary alicyclic amines) is 1. The molecule has 5 rings (SSSR count). The summed E-state index contributed by atoms with van der Waals surface area (Å²) < 4.78 is 11.6. The van der Waals surface area contributed by atoms with Crippen LogP contribution in [0, 0.1) is 0 Å². The first-order chi connectivity index (χ1) is 14.0. The number of carbonyl (C=O) groups is 1. The summed E-state index contributed by atoms with van der Waals surface area (Å²) in [6.45, 7) is 3.09. The van der Waals surface area contributed by atoms with Crippen LogP contribution in [0.2, 0.25) is 10.0 Å². The molecule has 7 heteroatoms. The van der Waals surface area contributed by atoms with Gasteiger partial charge < -0.3 is 14.2 Å². The summed E-state index contributed by atoms with van der Waals surface area (Å²) in [5.41, 5.74) is 2.47. The molecule has 29 heavy (non-hydrogen) atoms. The lowest BCUT2D eigenvalue weighted by Crippen LogP contribution is -2.44. The van der Waals surface area contributed by atoms with Gasteiger partial charge in [0.25, 0.3) is 0 Å². The number of carbonyl (C=O) groups excluding carboxylic acids is 1. The fourth-order valence-corrected chi connectivity index (χ4v) is 5.20. The van der Waals surface area contributed by atoms with Gasteiger partial charge in [-0.2, -0.15) is 0 Å². The molecule has 1 aromatic heterocycles. The maximum absolute atomic E-state index is 11.6. The van der Waals surface area contributed by atoms with E-state index in [1.807, 2.05) is 18.2 Å². The predicted octanol–water partition coefficient (Wildman–Crippen LogP) is 4.89. The number of hydrogen-bond donors (Lipinski definition) is 0. The lowest BCUT2D eigenvalue weighted by molar-refractivity contribution is -0.117. The molecule has 1 aliphatic carbocycles. The van der Waals surface area contributed by atoms with Crippen LogP contribution in [0.15, 0.2) is 22.7 Å². The molecule has 3 heterocycles. The monoisotopic (exact) mass is 434 g/mol. The molecule has 3 fully saturated rings. The first-order valence-electron chi connectivity index (χ1n) is 10.4. The van der Waals surface area contributed by atoms with Gasteiger partial charge in [-0.1, -0.05) is 34.4 Å². The van der Waals surface area contributed by atoms with Crippen LogP contribution in [0.1, 0.15) is 49.3 Å². The van der Waals surface area contributed by atoms with E-state index in [1.54, 1.807) is 0 Å². The number of aromatic nitrogens is 1. The van der Waals surface area contributed by atoms with E-state index < -0.39 is 0 Å². The minimum Gasteiger partial charge on any atom is -0.367 e. The summed E-state index contributed by atoms with van der Waals surface area (Å²) in [6, 6.07) is 5.52. The van der Waals surface area contributed by atoms with Crippen LogP contribution >= 0.6 is 23.2 Å². The summed E-state index contributed by atoms with van der Waals surface area (Å²) in [7, 11) is 0. The van der Waals surface area contributed by atoms with Crippen molar-refractivity contribution in [3.8, 4) is 11.3 Å². The van der Waals surface area contributed by atoms with E-state index in [-0.39, 0.29) is 18.0 Å². The Morgan fingerprint density at radius 2 is 1.90 bits per heavy atom. The molecule has 154 valence electrons. The number of ether oxygens (including phenoxy) is 1. The number of benzene rings is 1. The van der Waals surface area contributed by atoms with E-state index in [2.05, 4.69) is 10.1 Å². The number of halogens is 2. The van der Waals surface area contributed by atoms with E-state index in [0.29, 0.717) is 22.4 Å². The Balaban J connectivity index is 1.32. The Bertz CT molecular complexity index is 910. The molecule has 3 aliphatic rings. The molecule has 0 unspecified atom stereocenters. The zero-order valence-electron chi connectivity index (χ0n) is 16.3. The van der Waals surface area contributed by atoms with Crippen molar-refractivity contribution in [1.29, 1.82) is 0 Å². The molecule has 0 radical (unpaired) electrons. The van der Waals surface area contributed by atoms with E-state index in [4.69, 9.17) is 32.5 Å². The van der Waals surface area contributed by atoms with Crippen molar-refractivity contribution >= 4 is 29.0 Å². The molecule has 0 N–H and O–H groups in total. The second kappa shape index (κ2) is 7.69. The number of rotatable bonds is 5. The fourth-order valence-electron chi connectivity index (χ4n) is 4.62. The maximum Gasteiger partial charge on any atom is 0.161 e. The Morgan fingerprint density at radius 1 is 1.17 bits per heavy atom. The van der Waals surface area contributed by atoms with Crippen LogP contribution in [0.25, 0.3) is 11.3 Å². The van der Waals surface area contributed by atoms with Gasteiger partial charge in [0, 0.05) is 43.1 Å². The number of Topliss-reactive ketones (excluding diaryl/α,β-unsaturated/α-hetero) is 1. The van der Waals surface area contributed by atoms with Gasteiger partial charge in [-0.3, -0.25) is 4.79 Å². The lowest BCUT2D eigenvalue weighted by atomic mass is 9.88. The quantitative estimate of drug-likeness (QED) is 0.669. The molecule has 5 nitrogen and oxygen atoms in total. The summed E-state index contributed by atoms with van der Waals surface area (Å²) >= 11 is 12.9. The van der Waals surface area contributed by atoms with Gasteiger partial charge in [0.15, 0.2) is 5.78 Å². The van der Waals surface area contributed by atoms with Crippen LogP contribution in [0.4, 0.5) is 0 Å². The predicted molar refractivity (Wildman–Crippen MR) is 112 cm³/mol. The molecule has 0 bridgehead atoms. The summed E-state index contributed by atoms with van der Waals surface area (Å²) in [6.07, 6.45) is 5.56. The molecule has 1 saturated carbocycles. The van der Waals surface area contributed by atoms with Gasteiger partial charge >= 0.3 is 0 Å². The minimum atomic E-state index is -0.208. The second-order valence-corrected chi connectivity index (χ2v) is 9.34. The topological polar surface area (TPSA) is 55.6 Å². The highest BCUT2D eigenvalue weighted by atomic mass is 35.5. The molecule has 2 aliphatic heterocycles. The number of hydrogen-bond acceptors (Lipinski definition) is 5. The summed E-state index contributed by atoms with van der Waals surface area (Å²) in [5, 5.41) is 5.57. The van der Waals surface area contributed by atoms with Gasteiger partial charge in [0.1, 0.15) is 18.1 Å². The third-order valence-corrected chi connectivity index (χ3v) is 7.10. The van der Waals surface area contributed by atoms with Gasteiger partial charge in [-0.05, 0) is 44.2 Å². The van der Waals surface area contributed by atoms with Crippen molar-refractivity contribution in [2.45, 2.75) is 50.0 Å². The second-order valence-electron chi connectivity index (χ2n) is 8.52. The Morgan fingerprint density at radius 3 is 2.52 bits per heavy atom. The van der Waals surface area contributed by atoms with Crippen molar-refractivity contribution in [3.63, 3.8) is 0 Å². The minimum absolute atomic E-state index is 0.208. The Hall–Kier alpha value is -1.40. The smallest absolute Gasteiger partial charge is 0.161 e. The number of piperidine rings is 1. The van der Waals surface area contributed by atoms with Crippen molar-refractivity contribution in [2.24, 2.45) is 0 Å². The van der Waals surface area contributed by atoms with Crippen molar-refractivity contribution in [2.75, 3.05) is 26.2 Å². The highest BCUT2D eigenvalue weighted by Gasteiger charge is 2.42. The van der Waals surface area contributed by atoms with Crippen LogP contribution in [0.5, 0.6) is 0 Å². The van der Waals surface area contributed by atoms with Crippen molar-refractivity contribution in [3.05, 3.63) is 39.6 Å². The molecule has 1 spiro atoms.